The van der Waals surface area contributed by atoms with Crippen molar-refractivity contribution in [3.63, 3.8) is 0 Å². The van der Waals surface area contributed by atoms with Crippen molar-refractivity contribution in [2.75, 3.05) is 6.54 Å². The van der Waals surface area contributed by atoms with Gasteiger partial charge in [0.25, 0.3) is 5.91 Å². The van der Waals surface area contributed by atoms with Gasteiger partial charge in [0.2, 0.25) is 5.91 Å². The van der Waals surface area contributed by atoms with Crippen LogP contribution < -0.4 is 5.32 Å². The fraction of sp³-hybridized carbons (Fsp3) is 0.435. The molecule has 1 aliphatic carbocycles. The van der Waals surface area contributed by atoms with Gasteiger partial charge in [0.05, 0.1) is 5.54 Å². The summed E-state index contributed by atoms with van der Waals surface area (Å²) in [6, 6.07) is 13.6. The Bertz CT molecular complexity index is 844. The Kier molecular flexibility index (Phi) is 5.42. The van der Waals surface area contributed by atoms with Crippen LogP contribution in [0.15, 0.2) is 48.7 Å². The molecule has 0 spiro atoms. The molecule has 5 nitrogen and oxygen atoms in total. The average molecular weight is 377 g/mol. The van der Waals surface area contributed by atoms with E-state index in [0.29, 0.717) is 25.9 Å². The molecule has 4 rings (SSSR count). The van der Waals surface area contributed by atoms with Gasteiger partial charge >= 0.3 is 0 Å². The molecule has 1 aromatic heterocycles. The first-order valence-corrected chi connectivity index (χ1v) is 10.2. The van der Waals surface area contributed by atoms with Crippen LogP contribution in [0.25, 0.3) is 0 Å². The molecule has 0 radical (unpaired) electrons. The molecule has 5 heteroatoms. The van der Waals surface area contributed by atoms with E-state index >= 15 is 0 Å². The summed E-state index contributed by atoms with van der Waals surface area (Å²) in [4.78, 5) is 32.1. The smallest absolute Gasteiger partial charge is 0.254 e. The first-order chi connectivity index (χ1) is 13.7. The van der Waals surface area contributed by atoms with Gasteiger partial charge in [-0.2, -0.15) is 0 Å². The van der Waals surface area contributed by atoms with Gasteiger partial charge in [-0.25, -0.2) is 0 Å². The molecule has 1 saturated carbocycles. The van der Waals surface area contributed by atoms with Crippen LogP contribution in [-0.2, 0) is 17.8 Å². The van der Waals surface area contributed by atoms with E-state index < -0.39 is 0 Å². The molecule has 2 aromatic rings. The maximum Gasteiger partial charge on any atom is 0.254 e. The van der Waals surface area contributed by atoms with E-state index in [1.807, 2.05) is 47.4 Å². The molecule has 0 unspecified atom stereocenters. The van der Waals surface area contributed by atoms with E-state index in [9.17, 15) is 9.59 Å². The van der Waals surface area contributed by atoms with Crippen LogP contribution in [0.4, 0.5) is 0 Å². The summed E-state index contributed by atoms with van der Waals surface area (Å²) in [5.74, 6) is 0.111. The van der Waals surface area contributed by atoms with Crippen molar-refractivity contribution in [3.05, 3.63) is 65.5 Å². The lowest BCUT2D eigenvalue weighted by molar-refractivity contribution is -0.124. The number of nitrogens with one attached hydrogen (secondary N) is 1. The Morgan fingerprint density at radius 1 is 1.07 bits per heavy atom. The fourth-order valence-corrected chi connectivity index (χ4v) is 4.63. The molecule has 1 aliphatic heterocycles. The number of amides is 2. The molecule has 2 heterocycles. The molecule has 28 heavy (non-hydrogen) atoms. The summed E-state index contributed by atoms with van der Waals surface area (Å²) in [6.45, 7) is 1.19. The van der Waals surface area contributed by atoms with Crippen molar-refractivity contribution >= 4 is 11.8 Å². The van der Waals surface area contributed by atoms with Crippen molar-refractivity contribution in [2.24, 2.45) is 0 Å². The second-order valence-corrected chi connectivity index (χ2v) is 7.93. The minimum Gasteiger partial charge on any atom is -0.356 e. The van der Waals surface area contributed by atoms with Gasteiger partial charge in [-0.1, -0.05) is 43.5 Å². The molecule has 1 aromatic carbocycles. The summed E-state index contributed by atoms with van der Waals surface area (Å²) in [7, 11) is 0. The van der Waals surface area contributed by atoms with E-state index in [2.05, 4.69) is 10.3 Å². The second kappa shape index (κ2) is 8.13. The number of hydrogen-bond acceptors (Lipinski definition) is 3. The monoisotopic (exact) mass is 377 g/mol. The predicted molar refractivity (Wildman–Crippen MR) is 108 cm³/mol. The lowest BCUT2D eigenvalue weighted by Gasteiger charge is -2.44. The van der Waals surface area contributed by atoms with E-state index in [1.165, 1.54) is 6.42 Å². The van der Waals surface area contributed by atoms with E-state index in [-0.39, 0.29) is 17.4 Å². The molecule has 2 amide bonds. The molecule has 0 atom stereocenters. The Hall–Kier alpha value is -2.69. The number of fused-ring (bicyclic) bond motifs is 1. The highest BCUT2D eigenvalue weighted by molar-refractivity contribution is 5.99. The van der Waals surface area contributed by atoms with Crippen molar-refractivity contribution in [3.8, 4) is 0 Å². The second-order valence-electron chi connectivity index (χ2n) is 7.93. The quantitative estimate of drug-likeness (QED) is 0.838. The standard InChI is InChI=1S/C23H27N3O2/c27-21(25-15-11-19-9-4-7-14-24-19)16-23(12-5-1-6-13-23)26-17-18-8-2-3-10-20(18)22(26)28/h2-4,7-10,14H,1,5-6,11-13,15-17H2,(H,25,27). The van der Waals surface area contributed by atoms with Crippen LogP contribution in [0.5, 0.6) is 0 Å². The molecule has 146 valence electrons. The first kappa shape index (κ1) is 18.7. The number of benzene rings is 1. The number of hydrogen-bond donors (Lipinski definition) is 1. The number of pyridine rings is 1. The normalized spacial score (nSPS) is 18.0. The first-order valence-electron chi connectivity index (χ1n) is 10.2. The number of carbonyl (C=O) groups is 2. The highest BCUT2D eigenvalue weighted by Gasteiger charge is 2.45. The van der Waals surface area contributed by atoms with Gasteiger partial charge in [0.1, 0.15) is 0 Å². The van der Waals surface area contributed by atoms with Crippen LogP contribution in [0.3, 0.4) is 0 Å². The molecule has 1 fully saturated rings. The third-order valence-corrected chi connectivity index (χ3v) is 6.10. The summed E-state index contributed by atoms with van der Waals surface area (Å²) in [5, 5.41) is 3.05. The van der Waals surface area contributed by atoms with Crippen molar-refractivity contribution in [1.29, 1.82) is 0 Å². The van der Waals surface area contributed by atoms with Crippen LogP contribution >= 0.6 is 0 Å². The third-order valence-electron chi connectivity index (χ3n) is 6.10. The minimum absolute atomic E-state index is 0.0292. The topological polar surface area (TPSA) is 62.3 Å². The van der Waals surface area contributed by atoms with Crippen LogP contribution in [0, 0.1) is 0 Å². The molecular weight excluding hydrogens is 350 g/mol. The zero-order valence-corrected chi connectivity index (χ0v) is 16.2. The lowest BCUT2D eigenvalue weighted by atomic mass is 9.77. The van der Waals surface area contributed by atoms with Gasteiger partial charge in [-0.3, -0.25) is 14.6 Å². The SMILES string of the molecule is O=C(CC1(N2Cc3ccccc3C2=O)CCCCC1)NCCc1ccccn1. The Morgan fingerprint density at radius 3 is 2.61 bits per heavy atom. The Balaban J connectivity index is 1.43. The number of rotatable bonds is 6. The van der Waals surface area contributed by atoms with Crippen LogP contribution in [-0.4, -0.2) is 33.8 Å². The maximum absolute atomic E-state index is 13.1. The molecule has 0 saturated heterocycles. The van der Waals surface area contributed by atoms with Crippen molar-refractivity contribution in [1.82, 2.24) is 15.2 Å². The van der Waals surface area contributed by atoms with E-state index in [0.717, 1.165) is 42.5 Å². The van der Waals surface area contributed by atoms with Crippen molar-refractivity contribution in [2.45, 2.75) is 57.0 Å². The van der Waals surface area contributed by atoms with Crippen LogP contribution in [0.1, 0.15) is 60.1 Å². The summed E-state index contributed by atoms with van der Waals surface area (Å²) < 4.78 is 0. The number of aromatic nitrogens is 1. The van der Waals surface area contributed by atoms with Gasteiger partial charge < -0.3 is 10.2 Å². The van der Waals surface area contributed by atoms with E-state index in [4.69, 9.17) is 0 Å². The maximum atomic E-state index is 13.1. The predicted octanol–water partition coefficient (Wildman–Crippen LogP) is 3.49. The van der Waals surface area contributed by atoms with Crippen LogP contribution in [0.2, 0.25) is 0 Å². The molecule has 1 N–H and O–H groups in total. The molecule has 0 bridgehead atoms. The van der Waals surface area contributed by atoms with Crippen molar-refractivity contribution < 1.29 is 9.59 Å². The highest BCUT2D eigenvalue weighted by atomic mass is 16.2. The fourth-order valence-electron chi connectivity index (χ4n) is 4.63. The largest absolute Gasteiger partial charge is 0.356 e. The Labute approximate surface area is 166 Å². The zero-order valence-electron chi connectivity index (χ0n) is 16.2. The highest BCUT2D eigenvalue weighted by Crippen LogP contribution is 2.41. The third kappa shape index (κ3) is 3.79. The van der Waals surface area contributed by atoms with Gasteiger partial charge in [-0.15, -0.1) is 0 Å². The lowest BCUT2D eigenvalue weighted by Crippen LogP contribution is -2.52. The summed E-state index contributed by atoms with van der Waals surface area (Å²) in [6.07, 6.45) is 7.99. The zero-order chi connectivity index (χ0) is 19.4. The number of nitrogens with zero attached hydrogens (tertiary/aromatic N) is 2. The molecular formula is C23H27N3O2. The van der Waals surface area contributed by atoms with Gasteiger partial charge in [0.15, 0.2) is 0 Å². The molecule has 2 aliphatic rings. The van der Waals surface area contributed by atoms with E-state index in [1.54, 1.807) is 6.20 Å². The van der Waals surface area contributed by atoms with Gasteiger partial charge in [0, 0.05) is 43.4 Å². The minimum atomic E-state index is -0.358. The summed E-state index contributed by atoms with van der Waals surface area (Å²) in [5.41, 5.74) is 2.49. The average Bonchev–Trinajstić information content (AvgIpc) is 3.07. The number of carbonyl (C=O) groups excluding carboxylic acids is 2. The van der Waals surface area contributed by atoms with Gasteiger partial charge in [-0.05, 0) is 36.6 Å². The summed E-state index contributed by atoms with van der Waals surface area (Å²) >= 11 is 0. The Morgan fingerprint density at radius 2 is 1.86 bits per heavy atom.